The normalized spacial score (nSPS) is 12.3. The Morgan fingerprint density at radius 3 is 1.40 bits per heavy atom. The highest BCUT2D eigenvalue weighted by molar-refractivity contribution is 6.06. The lowest BCUT2D eigenvalue weighted by Crippen LogP contribution is -2.43. The lowest BCUT2D eigenvalue weighted by atomic mass is 9.97. The Bertz CT molecular complexity index is 3840. The number of hydrogen-bond donors (Lipinski definition) is 7. The molecule has 5 amide bonds. The molecule has 25 heteroatoms. The third-order valence-electron chi connectivity index (χ3n) is 13.7. The van der Waals surface area contributed by atoms with Crippen LogP contribution in [0.3, 0.4) is 0 Å². The Morgan fingerprint density at radius 2 is 1.00 bits per heavy atom. The van der Waals surface area contributed by atoms with Crippen molar-refractivity contribution in [3.8, 4) is 34.0 Å². The standard InChI is InChI=1S/C32H33F2N7O3.C24H24F2N6O3.C8H11NO/c1-5-44-22-13-11-21(12-14-22)37-30(42)20-10-9-19(2)23(17-20)27-24-18-36-32(43)41(28-25(33)7-6-8-26(28)34)29(24)39-31(38-27)35-15-16-40(3)4;1-13-7-8-14(22(33)34)11-15(13)19-16-12-28-24(35)32(20-17(25)5-4-6-18(20)26)21(16)30-23(29-19)27-9-10-31(2)3;1-2-10-8-5-3-7(9)4-6-8/h6-14,17H,5,15-16,18H2,1-4H3,(H,36,43)(H,37,42)(H,35,38,39);4-8,11H,9-10,12H2,1-3H3,(H,28,35)(H,33,34)(H,27,29,30);3-6H,2,9H2,1H3. The molecule has 2 aromatic heterocycles. The summed E-state index contributed by atoms with van der Waals surface area (Å²) in [6.07, 6.45) is 0. The van der Waals surface area contributed by atoms with E-state index in [1.165, 1.54) is 24.3 Å². The van der Waals surface area contributed by atoms with Crippen molar-refractivity contribution < 1.29 is 51.3 Å². The molecule has 0 atom stereocenters. The largest absolute Gasteiger partial charge is 0.494 e. The molecule has 6 aromatic carbocycles. The number of nitrogen functional groups attached to an aromatic ring is 1. The molecular formula is C64H68F4N14O7. The number of rotatable bonds is 19. The summed E-state index contributed by atoms with van der Waals surface area (Å²) in [4.78, 5) is 74.9. The maximum atomic E-state index is 15.0. The van der Waals surface area contributed by atoms with E-state index in [-0.39, 0.29) is 48.1 Å². The number of anilines is 8. The summed E-state index contributed by atoms with van der Waals surface area (Å²) < 4.78 is 70.1. The lowest BCUT2D eigenvalue weighted by molar-refractivity contribution is 0.0696. The number of urea groups is 2. The van der Waals surface area contributed by atoms with Crippen molar-refractivity contribution in [2.75, 3.05) is 99.1 Å². The molecule has 0 saturated heterocycles. The predicted molar refractivity (Wildman–Crippen MR) is 335 cm³/mol. The summed E-state index contributed by atoms with van der Waals surface area (Å²) >= 11 is 0. The predicted octanol–water partition coefficient (Wildman–Crippen LogP) is 11.1. The summed E-state index contributed by atoms with van der Waals surface area (Å²) in [5, 5.41) is 23.9. The van der Waals surface area contributed by atoms with E-state index >= 15 is 0 Å². The van der Waals surface area contributed by atoms with Gasteiger partial charge < -0.3 is 56.7 Å². The zero-order valence-corrected chi connectivity index (χ0v) is 50.3. The molecule has 8 N–H and O–H groups in total. The first-order valence-electron chi connectivity index (χ1n) is 28.3. The highest BCUT2D eigenvalue weighted by Crippen LogP contribution is 2.41. The number of carbonyl (C=O) groups excluding carboxylic acids is 3. The number of nitrogens with zero attached hydrogens (tertiary/aromatic N) is 8. The molecule has 0 saturated carbocycles. The van der Waals surface area contributed by atoms with Gasteiger partial charge in [-0.3, -0.25) is 4.79 Å². The van der Waals surface area contributed by atoms with E-state index in [0.717, 1.165) is 56.6 Å². The summed E-state index contributed by atoms with van der Waals surface area (Å²) in [6, 6.07) is 29.5. The van der Waals surface area contributed by atoms with Gasteiger partial charge in [-0.15, -0.1) is 0 Å². The van der Waals surface area contributed by atoms with Crippen molar-refractivity contribution in [2.24, 2.45) is 0 Å². The van der Waals surface area contributed by atoms with E-state index in [0.29, 0.717) is 90.0 Å². The van der Waals surface area contributed by atoms with Gasteiger partial charge >= 0.3 is 18.0 Å². The fourth-order valence-corrected chi connectivity index (χ4v) is 9.29. The summed E-state index contributed by atoms with van der Waals surface area (Å²) in [6.45, 7) is 11.0. The molecule has 0 spiro atoms. The molecule has 2 aliphatic rings. The van der Waals surface area contributed by atoms with Crippen molar-refractivity contribution >= 4 is 70.2 Å². The monoisotopic (exact) mass is 1220 g/mol. The van der Waals surface area contributed by atoms with Gasteiger partial charge in [0.15, 0.2) is 11.6 Å². The molecule has 0 bridgehead atoms. The Morgan fingerprint density at radius 1 is 0.596 bits per heavy atom. The Balaban J connectivity index is 0.000000202. The van der Waals surface area contributed by atoms with Gasteiger partial charge in [0, 0.05) is 65.4 Å². The average Bonchev–Trinajstić information content (AvgIpc) is 1.16. The maximum absolute atomic E-state index is 15.0. The zero-order valence-electron chi connectivity index (χ0n) is 50.3. The van der Waals surface area contributed by atoms with Crippen LogP contribution in [-0.4, -0.2) is 126 Å². The summed E-state index contributed by atoms with van der Waals surface area (Å²) in [5.74, 6) is -3.23. The number of para-hydroxylation sites is 2. The lowest BCUT2D eigenvalue weighted by Gasteiger charge is -2.31. The number of benzene rings is 6. The van der Waals surface area contributed by atoms with Gasteiger partial charge in [0.25, 0.3) is 5.91 Å². The van der Waals surface area contributed by atoms with E-state index in [4.69, 9.17) is 20.2 Å². The van der Waals surface area contributed by atoms with E-state index in [1.807, 2.05) is 83.0 Å². The fourth-order valence-electron chi connectivity index (χ4n) is 9.29. The topological polar surface area (TPSA) is 258 Å². The van der Waals surface area contributed by atoms with Crippen LogP contribution in [0.25, 0.3) is 22.5 Å². The highest BCUT2D eigenvalue weighted by Gasteiger charge is 2.36. The first kappa shape index (κ1) is 64.6. The van der Waals surface area contributed by atoms with Gasteiger partial charge in [0.05, 0.1) is 43.3 Å². The molecule has 4 heterocycles. The number of aromatic nitrogens is 4. The van der Waals surface area contributed by atoms with Crippen LogP contribution in [-0.2, 0) is 13.1 Å². The molecule has 464 valence electrons. The Kier molecular flexibility index (Phi) is 21.3. The van der Waals surface area contributed by atoms with Gasteiger partial charge in [-0.2, -0.15) is 9.97 Å². The molecule has 0 aliphatic carbocycles. The van der Waals surface area contributed by atoms with E-state index in [9.17, 15) is 41.8 Å². The number of nitrogens with two attached hydrogens (primary N) is 1. The van der Waals surface area contributed by atoms with Crippen molar-refractivity contribution in [1.82, 2.24) is 40.4 Å². The molecule has 89 heavy (non-hydrogen) atoms. The number of nitrogens with one attached hydrogen (secondary N) is 5. The average molecular weight is 1220 g/mol. The van der Waals surface area contributed by atoms with Crippen LogP contribution in [0.1, 0.15) is 56.8 Å². The quantitative estimate of drug-likeness (QED) is 0.0293. The highest BCUT2D eigenvalue weighted by atomic mass is 19.1. The third-order valence-corrected chi connectivity index (χ3v) is 13.7. The smallest absolute Gasteiger partial charge is 0.335 e. The van der Waals surface area contributed by atoms with Crippen LogP contribution in [0.5, 0.6) is 11.5 Å². The van der Waals surface area contributed by atoms with Crippen molar-refractivity contribution in [2.45, 2.75) is 40.8 Å². The molecule has 8 aromatic rings. The second-order valence-corrected chi connectivity index (χ2v) is 20.8. The van der Waals surface area contributed by atoms with Crippen LogP contribution in [0, 0.1) is 37.1 Å². The molecule has 0 fully saturated rings. The third kappa shape index (κ3) is 15.8. The summed E-state index contributed by atoms with van der Waals surface area (Å²) in [5.41, 5.74) is 10.4. The van der Waals surface area contributed by atoms with Crippen LogP contribution >= 0.6 is 0 Å². The van der Waals surface area contributed by atoms with Gasteiger partial charge in [-0.1, -0.05) is 24.3 Å². The number of carboxylic acids is 1. The van der Waals surface area contributed by atoms with Crippen molar-refractivity contribution in [3.63, 3.8) is 0 Å². The van der Waals surface area contributed by atoms with Crippen LogP contribution in [0.4, 0.5) is 73.4 Å². The van der Waals surface area contributed by atoms with Crippen molar-refractivity contribution in [3.05, 3.63) is 178 Å². The SMILES string of the molecule is CCOc1ccc(N)cc1.CCOc1ccc(NC(=O)c2ccc(C)c(-c3nc(NCCN(C)C)nc4c3CNC(=O)N4c3c(F)cccc3F)c2)cc1.Cc1ccc(C(=O)O)cc1-c1nc(NCCN(C)C)nc2c1CNC(=O)N2c1c(F)cccc1F. The van der Waals surface area contributed by atoms with E-state index in [2.05, 4.69) is 41.5 Å². The van der Waals surface area contributed by atoms with Gasteiger partial charge in [0.1, 0.15) is 46.1 Å². The van der Waals surface area contributed by atoms with Crippen LogP contribution in [0.2, 0.25) is 0 Å². The fraction of sp³-hybridized carbons (Fsp3) is 0.250. The number of fused-ring (bicyclic) bond motifs is 2. The number of hydrogen-bond acceptors (Lipinski definition) is 15. The van der Waals surface area contributed by atoms with Crippen molar-refractivity contribution in [1.29, 1.82) is 0 Å². The molecule has 0 radical (unpaired) electrons. The van der Waals surface area contributed by atoms with Gasteiger partial charge in [0.2, 0.25) is 11.9 Å². The molecule has 21 nitrogen and oxygen atoms in total. The van der Waals surface area contributed by atoms with Crippen LogP contribution in [0.15, 0.2) is 121 Å². The number of carbonyl (C=O) groups is 4. The second kappa shape index (κ2) is 29.3. The Hall–Kier alpha value is -10.4. The molecule has 2 aliphatic heterocycles. The number of halogens is 4. The molecule has 10 rings (SSSR count). The van der Waals surface area contributed by atoms with Gasteiger partial charge in [-0.05, 0) is 164 Å². The Labute approximate surface area is 511 Å². The van der Waals surface area contributed by atoms with E-state index in [1.54, 1.807) is 55.5 Å². The van der Waals surface area contributed by atoms with E-state index < -0.39 is 52.7 Å². The number of aromatic carboxylic acids is 1. The number of ether oxygens (including phenoxy) is 2. The minimum Gasteiger partial charge on any atom is -0.494 e. The first-order chi connectivity index (χ1) is 42.6. The molecule has 0 unspecified atom stereocenters. The zero-order chi connectivity index (χ0) is 64.1. The van der Waals surface area contributed by atoms with Crippen LogP contribution < -0.4 is 51.6 Å². The second-order valence-electron chi connectivity index (χ2n) is 20.8. The molecular weight excluding hydrogens is 1150 g/mol. The number of amides is 5. The number of aryl methyl sites for hydroxylation is 2. The summed E-state index contributed by atoms with van der Waals surface area (Å²) in [7, 11) is 7.63. The van der Waals surface area contributed by atoms with Gasteiger partial charge in [-0.25, -0.2) is 51.7 Å². The number of likely N-dealkylation sites (N-methyl/N-ethyl adjacent to an activating group) is 2. The first-order valence-corrected chi connectivity index (χ1v) is 28.3. The maximum Gasteiger partial charge on any atom is 0.335 e. The number of carboxylic acid groups (broad SMARTS) is 1. The minimum absolute atomic E-state index is 0.00914. The minimum atomic E-state index is -1.11.